The lowest BCUT2D eigenvalue weighted by molar-refractivity contribution is -0.149. The molecule has 0 bridgehead atoms. The van der Waals surface area contributed by atoms with Crippen molar-refractivity contribution in [3.63, 3.8) is 0 Å². The van der Waals surface area contributed by atoms with E-state index in [4.69, 9.17) is 6.42 Å². The molecule has 0 aliphatic rings. The molecule has 2 N–H and O–H groups in total. The van der Waals surface area contributed by atoms with E-state index in [-0.39, 0.29) is 12.5 Å². The van der Waals surface area contributed by atoms with Crippen molar-refractivity contribution in [3.05, 3.63) is 0 Å². The Hall–Kier alpha value is -1.50. The lowest BCUT2D eigenvalue weighted by Gasteiger charge is -2.26. The Morgan fingerprint density at radius 3 is 2.33 bits per heavy atom. The van der Waals surface area contributed by atoms with Crippen molar-refractivity contribution < 1.29 is 14.7 Å². The molecule has 0 atom stereocenters. The molecule has 0 radical (unpaired) electrons. The molecule has 0 aromatic heterocycles. The number of carbonyl (C=O) groups is 2. The molecule has 1 amide bonds. The predicted octanol–water partition coefficient (Wildman–Crippen LogP) is 2.19. The Kier molecular flexibility index (Phi) is 7.86. The van der Waals surface area contributed by atoms with E-state index in [1.807, 2.05) is 13.8 Å². The molecule has 0 rings (SSSR count). The highest BCUT2D eigenvalue weighted by atomic mass is 16.4. The van der Waals surface area contributed by atoms with Gasteiger partial charge in [-0.2, -0.15) is 0 Å². The third-order valence-electron chi connectivity index (χ3n) is 3.41. The Labute approximate surface area is 109 Å². The first-order valence-corrected chi connectivity index (χ1v) is 6.46. The van der Waals surface area contributed by atoms with Crippen LogP contribution in [0.2, 0.25) is 0 Å². The van der Waals surface area contributed by atoms with Crippen molar-refractivity contribution in [2.24, 2.45) is 5.41 Å². The second kappa shape index (κ2) is 8.57. The lowest BCUT2D eigenvalue weighted by Crippen LogP contribution is -2.42. The first-order valence-electron chi connectivity index (χ1n) is 6.46. The SMILES string of the molecule is C#CCCCCC(=O)NCC(CC)(CC)C(=O)O. The zero-order valence-electron chi connectivity index (χ0n) is 11.3. The summed E-state index contributed by atoms with van der Waals surface area (Å²) in [5.41, 5.74) is -0.839. The third-order valence-corrected chi connectivity index (χ3v) is 3.41. The van der Waals surface area contributed by atoms with Gasteiger partial charge >= 0.3 is 5.97 Å². The minimum atomic E-state index is -0.847. The number of unbranched alkanes of at least 4 members (excludes halogenated alkanes) is 2. The van der Waals surface area contributed by atoms with E-state index in [0.717, 1.165) is 12.8 Å². The Bertz CT molecular complexity index is 313. The first kappa shape index (κ1) is 16.5. The Morgan fingerprint density at radius 1 is 1.28 bits per heavy atom. The van der Waals surface area contributed by atoms with Crippen molar-refractivity contribution >= 4 is 11.9 Å². The molecule has 0 spiro atoms. The molecule has 0 saturated carbocycles. The molecule has 0 aliphatic heterocycles. The van der Waals surface area contributed by atoms with Crippen molar-refractivity contribution in [2.45, 2.75) is 52.4 Å². The quantitative estimate of drug-likeness (QED) is 0.489. The maximum atomic E-state index is 11.6. The fourth-order valence-corrected chi connectivity index (χ4v) is 1.75. The van der Waals surface area contributed by atoms with Crippen LogP contribution in [0.25, 0.3) is 0 Å². The van der Waals surface area contributed by atoms with E-state index in [0.29, 0.717) is 25.7 Å². The average molecular weight is 253 g/mol. The number of carbonyl (C=O) groups excluding carboxylic acids is 1. The largest absolute Gasteiger partial charge is 0.481 e. The van der Waals surface area contributed by atoms with Gasteiger partial charge in [0.1, 0.15) is 0 Å². The maximum absolute atomic E-state index is 11.6. The highest BCUT2D eigenvalue weighted by molar-refractivity contribution is 5.79. The zero-order chi connectivity index (χ0) is 14.0. The maximum Gasteiger partial charge on any atom is 0.311 e. The lowest BCUT2D eigenvalue weighted by atomic mass is 9.82. The van der Waals surface area contributed by atoms with Crippen LogP contribution in [-0.2, 0) is 9.59 Å². The topological polar surface area (TPSA) is 66.4 Å². The van der Waals surface area contributed by atoms with Gasteiger partial charge < -0.3 is 10.4 Å². The molecule has 0 aromatic rings. The molecule has 102 valence electrons. The number of rotatable bonds is 9. The summed E-state index contributed by atoms with van der Waals surface area (Å²) in [6.07, 6.45) is 8.79. The van der Waals surface area contributed by atoms with Gasteiger partial charge in [-0.05, 0) is 25.7 Å². The molecule has 18 heavy (non-hydrogen) atoms. The number of aliphatic carboxylic acids is 1. The molecule has 0 aromatic carbocycles. The Morgan fingerprint density at radius 2 is 1.89 bits per heavy atom. The molecule has 0 unspecified atom stereocenters. The second-order valence-electron chi connectivity index (χ2n) is 4.48. The van der Waals surface area contributed by atoms with Gasteiger partial charge in [-0.15, -0.1) is 12.3 Å². The van der Waals surface area contributed by atoms with Crippen LogP contribution in [0.3, 0.4) is 0 Å². The summed E-state index contributed by atoms with van der Waals surface area (Å²) in [5, 5.41) is 11.9. The van der Waals surface area contributed by atoms with Gasteiger partial charge in [0, 0.05) is 19.4 Å². The van der Waals surface area contributed by atoms with Gasteiger partial charge in [-0.3, -0.25) is 9.59 Å². The Balaban J connectivity index is 4.09. The highest BCUT2D eigenvalue weighted by Gasteiger charge is 2.34. The number of carboxylic acid groups (broad SMARTS) is 1. The van der Waals surface area contributed by atoms with Gasteiger partial charge in [0.05, 0.1) is 5.41 Å². The summed E-state index contributed by atoms with van der Waals surface area (Å²) in [6.45, 7) is 3.86. The van der Waals surface area contributed by atoms with Gasteiger partial charge in [0.15, 0.2) is 0 Å². The number of carboxylic acids is 1. The summed E-state index contributed by atoms with van der Waals surface area (Å²) < 4.78 is 0. The summed E-state index contributed by atoms with van der Waals surface area (Å²) in [6, 6.07) is 0. The highest BCUT2D eigenvalue weighted by Crippen LogP contribution is 2.25. The van der Waals surface area contributed by atoms with Crippen LogP contribution in [-0.4, -0.2) is 23.5 Å². The molecule has 0 aliphatic carbocycles. The van der Waals surface area contributed by atoms with E-state index in [1.54, 1.807) is 0 Å². The first-order chi connectivity index (χ1) is 8.52. The van der Waals surface area contributed by atoms with Crippen molar-refractivity contribution in [1.82, 2.24) is 5.32 Å². The van der Waals surface area contributed by atoms with E-state index >= 15 is 0 Å². The third kappa shape index (κ3) is 5.22. The van der Waals surface area contributed by atoms with Gasteiger partial charge in [-0.1, -0.05) is 13.8 Å². The molecular weight excluding hydrogens is 230 g/mol. The fraction of sp³-hybridized carbons (Fsp3) is 0.714. The number of hydrogen-bond donors (Lipinski definition) is 2. The summed E-state index contributed by atoms with van der Waals surface area (Å²) >= 11 is 0. The van der Waals surface area contributed by atoms with Crippen LogP contribution in [0.5, 0.6) is 0 Å². The van der Waals surface area contributed by atoms with Gasteiger partial charge in [0.25, 0.3) is 0 Å². The van der Waals surface area contributed by atoms with Crippen LogP contribution in [0.15, 0.2) is 0 Å². The second-order valence-corrected chi connectivity index (χ2v) is 4.48. The normalized spacial score (nSPS) is 10.7. The monoisotopic (exact) mass is 253 g/mol. The number of amides is 1. The van der Waals surface area contributed by atoms with Crippen LogP contribution in [0, 0.1) is 17.8 Å². The van der Waals surface area contributed by atoms with Crippen molar-refractivity contribution in [2.75, 3.05) is 6.54 Å². The molecule has 0 fully saturated rings. The van der Waals surface area contributed by atoms with Gasteiger partial charge in [-0.25, -0.2) is 0 Å². The number of hydrogen-bond acceptors (Lipinski definition) is 2. The summed E-state index contributed by atoms with van der Waals surface area (Å²) in [7, 11) is 0. The number of terminal acetylenes is 1. The van der Waals surface area contributed by atoms with Gasteiger partial charge in [0.2, 0.25) is 5.91 Å². The van der Waals surface area contributed by atoms with Crippen LogP contribution >= 0.6 is 0 Å². The van der Waals surface area contributed by atoms with Crippen molar-refractivity contribution in [1.29, 1.82) is 0 Å². The molecule has 4 heteroatoms. The average Bonchev–Trinajstić information content (AvgIpc) is 2.36. The number of nitrogens with one attached hydrogen (secondary N) is 1. The molecular formula is C14H23NO3. The van der Waals surface area contributed by atoms with Crippen molar-refractivity contribution in [3.8, 4) is 12.3 Å². The zero-order valence-corrected chi connectivity index (χ0v) is 11.3. The smallest absolute Gasteiger partial charge is 0.311 e. The summed E-state index contributed by atoms with van der Waals surface area (Å²) in [4.78, 5) is 22.8. The standard InChI is InChI=1S/C14H23NO3/c1-4-7-8-9-10-12(16)15-11-14(5-2,6-3)13(17)18/h1H,5-11H2,2-3H3,(H,15,16)(H,17,18). The van der Waals surface area contributed by atoms with Crippen LogP contribution < -0.4 is 5.32 Å². The minimum absolute atomic E-state index is 0.0976. The molecule has 4 nitrogen and oxygen atoms in total. The fourth-order valence-electron chi connectivity index (χ4n) is 1.75. The molecule has 0 heterocycles. The van der Waals surface area contributed by atoms with Crippen LogP contribution in [0.1, 0.15) is 52.4 Å². The van der Waals surface area contributed by atoms with E-state index in [9.17, 15) is 14.7 Å². The van der Waals surface area contributed by atoms with Crippen LogP contribution in [0.4, 0.5) is 0 Å². The molecule has 0 saturated heterocycles. The predicted molar refractivity (Wildman–Crippen MR) is 71.0 cm³/mol. The van der Waals surface area contributed by atoms with E-state index < -0.39 is 11.4 Å². The summed E-state index contributed by atoms with van der Waals surface area (Å²) in [5.74, 6) is 1.58. The van der Waals surface area contributed by atoms with E-state index in [1.165, 1.54) is 0 Å². The van der Waals surface area contributed by atoms with E-state index in [2.05, 4.69) is 11.2 Å². The minimum Gasteiger partial charge on any atom is -0.481 e.